The van der Waals surface area contributed by atoms with Gasteiger partial charge in [0.15, 0.2) is 10.9 Å². The number of carbonyl (C=O) groups is 3. The van der Waals surface area contributed by atoms with E-state index in [-0.39, 0.29) is 18.8 Å². The fourth-order valence-electron chi connectivity index (χ4n) is 2.08. The summed E-state index contributed by atoms with van der Waals surface area (Å²) in [6.07, 6.45) is 1.36. The molecule has 0 fully saturated rings. The maximum absolute atomic E-state index is 11.9. The van der Waals surface area contributed by atoms with Crippen molar-refractivity contribution in [3.8, 4) is 10.6 Å². The Morgan fingerprint density at radius 1 is 1.11 bits per heavy atom. The topological polar surface area (TPSA) is 113 Å². The van der Waals surface area contributed by atoms with Crippen LogP contribution in [0, 0.1) is 6.92 Å². The van der Waals surface area contributed by atoms with Gasteiger partial charge in [-0.2, -0.15) is 0 Å². The molecule has 0 bridgehead atoms. The van der Waals surface area contributed by atoms with Gasteiger partial charge in [0.1, 0.15) is 0 Å². The Hall–Kier alpha value is -2.98. The van der Waals surface area contributed by atoms with E-state index >= 15 is 0 Å². The maximum atomic E-state index is 11.9. The summed E-state index contributed by atoms with van der Waals surface area (Å²) in [5.41, 5.74) is 0.804. The molecule has 0 unspecified atom stereocenters. The molecule has 3 N–H and O–H groups in total. The lowest BCUT2D eigenvalue weighted by Crippen LogP contribution is -2.40. The lowest BCUT2D eigenvalue weighted by molar-refractivity contribution is -0.123. The second kappa shape index (κ2) is 8.60. The molecular weight excluding hydrogens is 388 g/mol. The van der Waals surface area contributed by atoms with Crippen LogP contribution in [-0.2, 0) is 9.59 Å². The Balaban J connectivity index is 1.41. The second-order valence-corrected chi connectivity index (χ2v) is 7.58. The van der Waals surface area contributed by atoms with Crippen LogP contribution in [0.4, 0.5) is 5.13 Å². The summed E-state index contributed by atoms with van der Waals surface area (Å²) >= 11 is 2.94. The van der Waals surface area contributed by atoms with Gasteiger partial charge in [-0.25, -0.2) is 4.98 Å². The summed E-state index contributed by atoms with van der Waals surface area (Å²) in [4.78, 5) is 41.9. The van der Waals surface area contributed by atoms with E-state index in [9.17, 15) is 14.4 Å². The van der Waals surface area contributed by atoms with Crippen LogP contribution in [0.5, 0.6) is 0 Å². The molecule has 8 nitrogen and oxygen atoms in total. The fraction of sp³-hybridized carbons (Fsp3) is 0.176. The van der Waals surface area contributed by atoms with Crippen molar-refractivity contribution in [3.63, 3.8) is 0 Å². The minimum absolute atomic E-state index is 0.112. The Morgan fingerprint density at radius 3 is 2.63 bits per heavy atom. The highest BCUT2D eigenvalue weighted by Gasteiger charge is 2.12. The molecule has 3 aromatic rings. The molecule has 3 heterocycles. The smallest absolute Gasteiger partial charge is 0.287 e. The molecule has 10 heteroatoms. The SMILES string of the molecule is Cc1ccc(-c2csc(NC(=O)CNC(=O)CNC(=O)c3ccco3)n2)s1. The first kappa shape index (κ1) is 18.8. The van der Waals surface area contributed by atoms with Gasteiger partial charge < -0.3 is 20.4 Å². The highest BCUT2D eigenvalue weighted by atomic mass is 32.1. The molecule has 0 spiro atoms. The number of carbonyl (C=O) groups excluding carboxylic acids is 3. The first-order chi connectivity index (χ1) is 13.0. The standard InChI is InChI=1S/C17H16N4O4S2/c1-10-4-5-13(27-10)11-9-26-17(20-11)21-15(23)8-18-14(22)7-19-16(24)12-3-2-6-25-12/h2-6,9H,7-8H2,1H3,(H,18,22)(H,19,24)(H,20,21,23). The van der Waals surface area contributed by atoms with Crippen LogP contribution >= 0.6 is 22.7 Å². The molecule has 140 valence electrons. The number of aromatic nitrogens is 1. The molecule has 0 saturated heterocycles. The number of thiophene rings is 1. The molecule has 0 radical (unpaired) electrons. The molecule has 0 aliphatic heterocycles. The van der Waals surface area contributed by atoms with Crippen LogP contribution in [0.3, 0.4) is 0 Å². The third-order valence-corrected chi connectivity index (χ3v) is 5.12. The minimum Gasteiger partial charge on any atom is -0.459 e. The highest BCUT2D eigenvalue weighted by molar-refractivity contribution is 7.17. The molecule has 3 amide bonds. The van der Waals surface area contributed by atoms with Crippen molar-refractivity contribution in [1.82, 2.24) is 15.6 Å². The van der Waals surface area contributed by atoms with Crippen molar-refractivity contribution in [3.05, 3.63) is 46.5 Å². The zero-order chi connectivity index (χ0) is 19.2. The third-order valence-electron chi connectivity index (χ3n) is 3.34. The Morgan fingerprint density at radius 2 is 1.93 bits per heavy atom. The normalized spacial score (nSPS) is 10.4. The molecule has 0 aliphatic rings. The van der Waals surface area contributed by atoms with E-state index in [0.717, 1.165) is 10.6 Å². The number of rotatable bonds is 7. The van der Waals surface area contributed by atoms with Gasteiger partial charge in [0, 0.05) is 10.3 Å². The summed E-state index contributed by atoms with van der Waals surface area (Å²) in [6.45, 7) is 1.54. The maximum Gasteiger partial charge on any atom is 0.287 e. The Bertz CT molecular complexity index is 946. The predicted octanol–water partition coefficient (Wildman–Crippen LogP) is 2.26. The van der Waals surface area contributed by atoms with Crippen molar-refractivity contribution in [2.24, 2.45) is 0 Å². The van der Waals surface area contributed by atoms with Gasteiger partial charge in [-0.3, -0.25) is 14.4 Å². The molecule has 0 atom stereocenters. The van der Waals surface area contributed by atoms with E-state index in [1.165, 1.54) is 28.5 Å². The predicted molar refractivity (Wildman–Crippen MR) is 103 cm³/mol. The van der Waals surface area contributed by atoms with Crippen molar-refractivity contribution in [2.75, 3.05) is 18.4 Å². The van der Waals surface area contributed by atoms with E-state index in [1.54, 1.807) is 17.4 Å². The number of hydrogen-bond acceptors (Lipinski definition) is 7. The number of thiazole rings is 1. The van der Waals surface area contributed by atoms with Crippen molar-refractivity contribution >= 4 is 45.5 Å². The number of hydrogen-bond donors (Lipinski definition) is 3. The quantitative estimate of drug-likeness (QED) is 0.559. The number of nitrogens with zero attached hydrogens (tertiary/aromatic N) is 1. The van der Waals surface area contributed by atoms with Gasteiger partial charge in [-0.1, -0.05) is 0 Å². The van der Waals surface area contributed by atoms with Gasteiger partial charge in [0.05, 0.1) is 29.9 Å². The van der Waals surface area contributed by atoms with Gasteiger partial charge in [0.25, 0.3) is 5.91 Å². The van der Waals surface area contributed by atoms with Crippen LogP contribution in [-0.4, -0.2) is 35.8 Å². The van der Waals surface area contributed by atoms with Crippen LogP contribution in [0.15, 0.2) is 40.3 Å². The number of nitrogens with one attached hydrogen (secondary N) is 3. The summed E-state index contributed by atoms with van der Waals surface area (Å²) in [6, 6.07) is 7.05. The first-order valence-electron chi connectivity index (χ1n) is 7.92. The zero-order valence-electron chi connectivity index (χ0n) is 14.3. The third kappa shape index (κ3) is 5.25. The molecule has 0 saturated carbocycles. The van der Waals surface area contributed by atoms with Crippen LogP contribution in [0.2, 0.25) is 0 Å². The molecule has 3 aromatic heterocycles. The van der Waals surface area contributed by atoms with Crippen LogP contribution in [0.25, 0.3) is 10.6 Å². The van der Waals surface area contributed by atoms with E-state index in [1.807, 2.05) is 24.4 Å². The molecule has 0 aromatic carbocycles. The zero-order valence-corrected chi connectivity index (χ0v) is 15.9. The van der Waals surface area contributed by atoms with Gasteiger partial charge >= 0.3 is 0 Å². The average molecular weight is 404 g/mol. The monoisotopic (exact) mass is 404 g/mol. The van der Waals surface area contributed by atoms with E-state index in [0.29, 0.717) is 5.13 Å². The first-order valence-corrected chi connectivity index (χ1v) is 9.61. The largest absolute Gasteiger partial charge is 0.459 e. The highest BCUT2D eigenvalue weighted by Crippen LogP contribution is 2.30. The number of anilines is 1. The van der Waals surface area contributed by atoms with Gasteiger partial charge in [-0.15, -0.1) is 22.7 Å². The number of furan rings is 1. The van der Waals surface area contributed by atoms with Crippen LogP contribution in [0.1, 0.15) is 15.4 Å². The summed E-state index contributed by atoms with van der Waals surface area (Å²) < 4.78 is 4.91. The molecule has 0 aliphatic carbocycles. The minimum atomic E-state index is -0.501. The summed E-state index contributed by atoms with van der Waals surface area (Å²) in [5.74, 6) is -1.28. The van der Waals surface area contributed by atoms with E-state index < -0.39 is 17.7 Å². The van der Waals surface area contributed by atoms with E-state index in [2.05, 4.69) is 20.9 Å². The fourth-order valence-corrected chi connectivity index (χ4v) is 3.71. The van der Waals surface area contributed by atoms with E-state index in [4.69, 9.17) is 4.42 Å². The van der Waals surface area contributed by atoms with Crippen LogP contribution < -0.4 is 16.0 Å². The second-order valence-electron chi connectivity index (χ2n) is 5.43. The van der Waals surface area contributed by atoms with Gasteiger partial charge in [-0.05, 0) is 31.2 Å². The average Bonchev–Trinajstić information content (AvgIpc) is 3.39. The van der Waals surface area contributed by atoms with Gasteiger partial charge in [0.2, 0.25) is 11.8 Å². The number of aryl methyl sites for hydroxylation is 1. The van der Waals surface area contributed by atoms with Crippen molar-refractivity contribution in [2.45, 2.75) is 6.92 Å². The molecule has 3 rings (SSSR count). The Labute approximate surface area is 162 Å². The number of amides is 3. The van der Waals surface area contributed by atoms with Crippen molar-refractivity contribution in [1.29, 1.82) is 0 Å². The van der Waals surface area contributed by atoms with Crippen molar-refractivity contribution < 1.29 is 18.8 Å². The summed E-state index contributed by atoms with van der Waals surface area (Å²) in [7, 11) is 0. The molecular formula is C17H16N4O4S2. The lowest BCUT2D eigenvalue weighted by Gasteiger charge is -2.06. The lowest BCUT2D eigenvalue weighted by atomic mass is 10.4. The molecule has 27 heavy (non-hydrogen) atoms. The Kier molecular flexibility index (Phi) is 5.99. The summed E-state index contributed by atoms with van der Waals surface area (Å²) in [5, 5.41) is 9.79.